The molecule has 0 aliphatic heterocycles. The van der Waals surface area contributed by atoms with Crippen LogP contribution in [0, 0.1) is 0 Å². The van der Waals surface area contributed by atoms with Crippen LogP contribution >= 0.6 is 0 Å². The molecule has 0 aromatic rings. The summed E-state index contributed by atoms with van der Waals surface area (Å²) in [6.07, 6.45) is 3.33. The zero-order valence-electron chi connectivity index (χ0n) is 8.36. The van der Waals surface area contributed by atoms with Gasteiger partial charge >= 0.3 is 6.16 Å². The molecule has 0 radical (unpaired) electrons. The molecule has 0 aromatic heterocycles. The first kappa shape index (κ1) is 12.7. The van der Waals surface area contributed by atoms with Crippen molar-refractivity contribution in [2.75, 3.05) is 13.4 Å². The molecule has 0 saturated carbocycles. The Kier molecular flexibility index (Phi) is 8.94. The minimum Gasteiger partial charge on any atom is -0.434 e. The summed E-state index contributed by atoms with van der Waals surface area (Å²) in [4.78, 5) is 20.4. The summed E-state index contributed by atoms with van der Waals surface area (Å²) in [5, 5.41) is 0. The fraction of sp³-hybridized carbons (Fsp3) is 0.778. The molecule has 0 amide bonds. The van der Waals surface area contributed by atoms with Crippen LogP contribution in [0.3, 0.4) is 0 Å². The molecule has 5 heteroatoms. The molecular formula is C9H16O5. The molecule has 0 atom stereocenters. The van der Waals surface area contributed by atoms with Gasteiger partial charge in [-0.3, -0.25) is 4.79 Å². The molecular weight excluding hydrogens is 188 g/mol. The highest BCUT2D eigenvalue weighted by Gasteiger charge is 2.02. The van der Waals surface area contributed by atoms with Crippen molar-refractivity contribution < 1.29 is 23.8 Å². The molecule has 0 aliphatic carbocycles. The SMILES string of the molecule is CCCCCCOC(=O)OCOC=O. The van der Waals surface area contributed by atoms with Crippen LogP contribution in [0.2, 0.25) is 0 Å². The van der Waals surface area contributed by atoms with Crippen LogP contribution < -0.4 is 0 Å². The van der Waals surface area contributed by atoms with E-state index in [1.54, 1.807) is 0 Å². The Bertz CT molecular complexity index is 157. The summed E-state index contributed by atoms with van der Waals surface area (Å²) in [6.45, 7) is 2.26. The standard InChI is InChI=1S/C9H16O5/c1-2-3-4-5-6-13-9(11)14-8-12-7-10/h7H,2-6,8H2,1H3. The zero-order chi connectivity index (χ0) is 10.6. The van der Waals surface area contributed by atoms with Gasteiger partial charge < -0.3 is 14.2 Å². The molecule has 0 N–H and O–H groups in total. The highest BCUT2D eigenvalue weighted by atomic mass is 16.8. The highest BCUT2D eigenvalue weighted by molar-refractivity contribution is 5.59. The van der Waals surface area contributed by atoms with Crippen molar-refractivity contribution >= 4 is 12.6 Å². The van der Waals surface area contributed by atoms with Crippen LogP contribution in [0.4, 0.5) is 4.79 Å². The molecule has 14 heavy (non-hydrogen) atoms. The van der Waals surface area contributed by atoms with Crippen LogP contribution in [0.5, 0.6) is 0 Å². The zero-order valence-corrected chi connectivity index (χ0v) is 8.36. The molecule has 82 valence electrons. The third-order valence-corrected chi connectivity index (χ3v) is 1.53. The minimum absolute atomic E-state index is 0.203. The van der Waals surface area contributed by atoms with Gasteiger partial charge in [-0.1, -0.05) is 26.2 Å². The number of hydrogen-bond acceptors (Lipinski definition) is 5. The normalized spacial score (nSPS) is 9.21. The maximum Gasteiger partial charge on any atom is 0.511 e. The summed E-state index contributed by atoms with van der Waals surface area (Å²) in [7, 11) is 0. The molecule has 0 spiro atoms. The first-order valence-electron chi connectivity index (χ1n) is 4.66. The summed E-state index contributed by atoms with van der Waals surface area (Å²) in [5.74, 6) is 0. The molecule has 0 rings (SSSR count). The lowest BCUT2D eigenvalue weighted by Crippen LogP contribution is -2.10. The summed E-state index contributed by atoms with van der Waals surface area (Å²) in [6, 6.07) is 0. The summed E-state index contributed by atoms with van der Waals surface area (Å²) in [5.41, 5.74) is 0. The predicted octanol–water partition coefficient (Wildman–Crippen LogP) is 1.85. The quantitative estimate of drug-likeness (QED) is 0.261. The van der Waals surface area contributed by atoms with E-state index in [9.17, 15) is 9.59 Å². The van der Waals surface area contributed by atoms with Gasteiger partial charge in [-0.2, -0.15) is 0 Å². The van der Waals surface area contributed by atoms with Gasteiger partial charge in [-0.05, 0) is 6.42 Å². The monoisotopic (exact) mass is 204 g/mol. The van der Waals surface area contributed by atoms with Crippen molar-refractivity contribution in [3.8, 4) is 0 Å². The van der Waals surface area contributed by atoms with Crippen molar-refractivity contribution in [1.82, 2.24) is 0 Å². The Hall–Kier alpha value is -1.26. The van der Waals surface area contributed by atoms with Gasteiger partial charge in [-0.25, -0.2) is 4.79 Å². The second kappa shape index (κ2) is 9.83. The smallest absolute Gasteiger partial charge is 0.434 e. The lowest BCUT2D eigenvalue weighted by Gasteiger charge is -2.04. The Morgan fingerprint density at radius 1 is 1.21 bits per heavy atom. The van der Waals surface area contributed by atoms with Crippen molar-refractivity contribution in [2.45, 2.75) is 32.6 Å². The third kappa shape index (κ3) is 8.83. The molecule has 0 aromatic carbocycles. The maximum absolute atomic E-state index is 10.7. The van der Waals surface area contributed by atoms with Crippen LogP contribution in [0.15, 0.2) is 0 Å². The van der Waals surface area contributed by atoms with E-state index in [-0.39, 0.29) is 6.47 Å². The van der Waals surface area contributed by atoms with Crippen molar-refractivity contribution in [2.24, 2.45) is 0 Å². The Labute approximate surface area is 83.3 Å². The second-order valence-electron chi connectivity index (χ2n) is 2.68. The summed E-state index contributed by atoms with van der Waals surface area (Å²) >= 11 is 0. The predicted molar refractivity (Wildman–Crippen MR) is 48.6 cm³/mol. The number of hydrogen-bond donors (Lipinski definition) is 0. The molecule has 5 nitrogen and oxygen atoms in total. The number of ether oxygens (including phenoxy) is 3. The van der Waals surface area contributed by atoms with E-state index >= 15 is 0 Å². The van der Waals surface area contributed by atoms with Crippen molar-refractivity contribution in [3.05, 3.63) is 0 Å². The third-order valence-electron chi connectivity index (χ3n) is 1.53. The van der Waals surface area contributed by atoms with Crippen LogP contribution in [0.25, 0.3) is 0 Å². The minimum atomic E-state index is -0.802. The average Bonchev–Trinajstić information content (AvgIpc) is 2.18. The van der Waals surface area contributed by atoms with E-state index in [4.69, 9.17) is 0 Å². The Morgan fingerprint density at radius 2 is 2.00 bits per heavy atom. The average molecular weight is 204 g/mol. The van der Waals surface area contributed by atoms with Gasteiger partial charge in [-0.15, -0.1) is 0 Å². The fourth-order valence-electron chi connectivity index (χ4n) is 0.836. The number of carbonyl (C=O) groups is 2. The van der Waals surface area contributed by atoms with E-state index in [0.29, 0.717) is 6.61 Å². The number of unbranched alkanes of at least 4 members (excludes halogenated alkanes) is 3. The Morgan fingerprint density at radius 3 is 2.64 bits per heavy atom. The fourth-order valence-corrected chi connectivity index (χ4v) is 0.836. The second-order valence-corrected chi connectivity index (χ2v) is 2.68. The van der Waals surface area contributed by atoms with E-state index in [1.165, 1.54) is 0 Å². The molecule has 0 bridgehead atoms. The first-order chi connectivity index (χ1) is 6.81. The van der Waals surface area contributed by atoms with E-state index in [0.717, 1.165) is 25.7 Å². The van der Waals surface area contributed by atoms with Gasteiger partial charge in [0.15, 0.2) is 0 Å². The van der Waals surface area contributed by atoms with Gasteiger partial charge in [0.2, 0.25) is 6.79 Å². The molecule has 0 heterocycles. The number of carbonyl (C=O) groups excluding carboxylic acids is 2. The largest absolute Gasteiger partial charge is 0.511 e. The van der Waals surface area contributed by atoms with Gasteiger partial charge in [0.1, 0.15) is 0 Å². The summed E-state index contributed by atoms with van der Waals surface area (Å²) < 4.78 is 13.2. The Balaban J connectivity index is 3.14. The van der Waals surface area contributed by atoms with Crippen LogP contribution in [-0.2, 0) is 19.0 Å². The number of rotatable bonds is 8. The van der Waals surface area contributed by atoms with E-state index < -0.39 is 12.9 Å². The van der Waals surface area contributed by atoms with Crippen molar-refractivity contribution in [1.29, 1.82) is 0 Å². The van der Waals surface area contributed by atoms with Crippen LogP contribution in [-0.4, -0.2) is 26.0 Å². The van der Waals surface area contributed by atoms with Gasteiger partial charge in [0.25, 0.3) is 6.47 Å². The molecule has 0 fully saturated rings. The van der Waals surface area contributed by atoms with Gasteiger partial charge in [0.05, 0.1) is 6.61 Å². The topological polar surface area (TPSA) is 61.8 Å². The van der Waals surface area contributed by atoms with Gasteiger partial charge in [0, 0.05) is 0 Å². The highest BCUT2D eigenvalue weighted by Crippen LogP contribution is 1.99. The maximum atomic E-state index is 10.7. The van der Waals surface area contributed by atoms with E-state index in [2.05, 4.69) is 21.1 Å². The van der Waals surface area contributed by atoms with Crippen molar-refractivity contribution in [3.63, 3.8) is 0 Å². The molecule has 0 saturated heterocycles. The lowest BCUT2D eigenvalue weighted by atomic mass is 10.2. The lowest BCUT2D eigenvalue weighted by molar-refractivity contribution is -0.137. The molecule has 0 unspecified atom stereocenters. The first-order valence-corrected chi connectivity index (χ1v) is 4.66. The van der Waals surface area contributed by atoms with Crippen LogP contribution in [0.1, 0.15) is 32.6 Å². The van der Waals surface area contributed by atoms with E-state index in [1.807, 2.05) is 0 Å². The molecule has 0 aliphatic rings.